The molecule has 2 atom stereocenters. The number of methoxy groups -OCH3 is 1. The van der Waals surface area contributed by atoms with E-state index in [9.17, 15) is 14.4 Å². The van der Waals surface area contributed by atoms with E-state index >= 15 is 0 Å². The zero-order chi connectivity index (χ0) is 17.8. The Morgan fingerprint density at radius 3 is 2.80 bits per heavy atom. The van der Waals surface area contributed by atoms with E-state index in [-0.39, 0.29) is 36.5 Å². The maximum absolute atomic E-state index is 12.7. The number of thiophene rings is 1. The maximum atomic E-state index is 12.7. The van der Waals surface area contributed by atoms with Crippen LogP contribution in [0.4, 0.5) is 0 Å². The molecule has 2 unspecified atom stereocenters. The van der Waals surface area contributed by atoms with Gasteiger partial charge in [-0.25, -0.2) is 0 Å². The largest absolute Gasteiger partial charge is 0.469 e. The van der Waals surface area contributed by atoms with Crippen LogP contribution < -0.4 is 5.32 Å². The minimum Gasteiger partial charge on any atom is -0.469 e. The summed E-state index contributed by atoms with van der Waals surface area (Å²) in [5.74, 6) is -0.786. The summed E-state index contributed by atoms with van der Waals surface area (Å²) < 4.78 is 4.74. The number of nitrogens with one attached hydrogen (secondary N) is 1. The van der Waals surface area contributed by atoms with Crippen LogP contribution in [-0.2, 0) is 19.1 Å². The second-order valence-electron chi connectivity index (χ2n) is 6.74. The first-order chi connectivity index (χ1) is 12.1. The Kier molecular flexibility index (Phi) is 5.73. The van der Waals surface area contributed by atoms with Crippen LogP contribution in [0, 0.1) is 5.92 Å². The molecule has 1 aliphatic carbocycles. The highest BCUT2D eigenvalue weighted by Gasteiger charge is 2.39. The van der Waals surface area contributed by atoms with Gasteiger partial charge >= 0.3 is 5.97 Å². The molecule has 2 fully saturated rings. The number of nitrogens with zero attached hydrogens (tertiary/aromatic N) is 1. The number of rotatable bonds is 6. The average molecular weight is 364 g/mol. The van der Waals surface area contributed by atoms with Crippen LogP contribution in [0.15, 0.2) is 17.5 Å². The van der Waals surface area contributed by atoms with E-state index in [0.717, 1.165) is 30.6 Å². The predicted molar refractivity (Wildman–Crippen MR) is 93.9 cm³/mol. The lowest BCUT2D eigenvalue weighted by atomic mass is 10.1. The zero-order valence-electron chi connectivity index (χ0n) is 14.4. The second kappa shape index (κ2) is 7.99. The molecule has 6 nitrogen and oxygen atoms in total. The van der Waals surface area contributed by atoms with Crippen LogP contribution in [0.1, 0.15) is 49.4 Å². The lowest BCUT2D eigenvalue weighted by Crippen LogP contribution is -2.38. The first-order valence-corrected chi connectivity index (χ1v) is 9.66. The molecule has 0 aromatic carbocycles. The molecule has 0 spiro atoms. The number of ether oxygens (including phenoxy) is 1. The quantitative estimate of drug-likeness (QED) is 0.786. The van der Waals surface area contributed by atoms with E-state index < -0.39 is 6.04 Å². The van der Waals surface area contributed by atoms with E-state index in [0.29, 0.717) is 12.6 Å². The van der Waals surface area contributed by atoms with Gasteiger partial charge in [0.2, 0.25) is 11.8 Å². The van der Waals surface area contributed by atoms with Gasteiger partial charge in [-0.1, -0.05) is 18.9 Å². The Bertz CT molecular complexity index is 625. The summed E-state index contributed by atoms with van der Waals surface area (Å²) in [4.78, 5) is 39.4. The van der Waals surface area contributed by atoms with Gasteiger partial charge in [-0.2, -0.15) is 0 Å². The van der Waals surface area contributed by atoms with Crippen LogP contribution in [0.5, 0.6) is 0 Å². The number of carbonyl (C=O) groups is 3. The van der Waals surface area contributed by atoms with Crippen molar-refractivity contribution in [2.45, 2.75) is 50.6 Å². The molecule has 2 aliphatic rings. The van der Waals surface area contributed by atoms with Gasteiger partial charge in [-0.3, -0.25) is 14.4 Å². The van der Waals surface area contributed by atoms with Crippen molar-refractivity contribution in [3.63, 3.8) is 0 Å². The molecule has 0 radical (unpaired) electrons. The fraction of sp³-hybridized carbons (Fsp3) is 0.611. The summed E-state index contributed by atoms with van der Waals surface area (Å²) in [6, 6.07) is 3.67. The minimum atomic E-state index is -0.407. The van der Waals surface area contributed by atoms with E-state index in [1.165, 1.54) is 18.4 Å². The number of esters is 1. The summed E-state index contributed by atoms with van der Waals surface area (Å²) in [5.41, 5.74) is 0. The maximum Gasteiger partial charge on any atom is 0.307 e. The molecule has 1 saturated carbocycles. The van der Waals surface area contributed by atoms with Gasteiger partial charge in [-0.05, 0) is 24.3 Å². The fourth-order valence-corrected chi connectivity index (χ4v) is 4.51. The first kappa shape index (κ1) is 17.9. The minimum absolute atomic E-state index is 0.0766. The van der Waals surface area contributed by atoms with Crippen molar-refractivity contribution in [2.24, 2.45) is 5.92 Å². The van der Waals surface area contributed by atoms with Gasteiger partial charge in [0.1, 0.15) is 0 Å². The highest BCUT2D eigenvalue weighted by Crippen LogP contribution is 2.30. The molecular formula is C18H24N2O4S. The number of likely N-dealkylation sites (tertiary alicyclic amines) is 1. The molecule has 3 rings (SSSR count). The molecule has 136 valence electrons. The second-order valence-corrected chi connectivity index (χ2v) is 7.72. The molecule has 1 aromatic rings. The number of amides is 2. The van der Waals surface area contributed by atoms with Crippen molar-refractivity contribution >= 4 is 29.1 Å². The first-order valence-electron chi connectivity index (χ1n) is 8.78. The third-order valence-electron chi connectivity index (χ3n) is 5.10. The van der Waals surface area contributed by atoms with Crippen molar-refractivity contribution in [3.8, 4) is 0 Å². The SMILES string of the molecule is COC(=O)CC(NC(=O)C1CC(=O)N(C2CCCC2)C1)c1cccs1. The van der Waals surface area contributed by atoms with Gasteiger partial charge in [0.25, 0.3) is 0 Å². The average Bonchev–Trinajstić information content (AvgIpc) is 3.34. The third-order valence-corrected chi connectivity index (χ3v) is 6.08. The molecule has 2 heterocycles. The highest BCUT2D eigenvalue weighted by atomic mass is 32.1. The Balaban J connectivity index is 1.63. The van der Waals surface area contributed by atoms with E-state index in [4.69, 9.17) is 4.74 Å². The topological polar surface area (TPSA) is 75.7 Å². The summed E-state index contributed by atoms with van der Waals surface area (Å²) >= 11 is 1.49. The van der Waals surface area contributed by atoms with Crippen molar-refractivity contribution < 1.29 is 19.1 Å². The van der Waals surface area contributed by atoms with Crippen LogP contribution in [-0.4, -0.2) is 42.4 Å². The Hall–Kier alpha value is -1.89. The zero-order valence-corrected chi connectivity index (χ0v) is 15.2. The van der Waals surface area contributed by atoms with Gasteiger partial charge in [0, 0.05) is 23.9 Å². The third kappa shape index (κ3) is 4.21. The normalized spacial score (nSPS) is 22.2. The molecule has 0 bridgehead atoms. The smallest absolute Gasteiger partial charge is 0.307 e. The molecule has 2 amide bonds. The van der Waals surface area contributed by atoms with E-state index in [1.807, 2.05) is 22.4 Å². The van der Waals surface area contributed by atoms with Crippen molar-refractivity contribution in [2.75, 3.05) is 13.7 Å². The van der Waals surface area contributed by atoms with Crippen LogP contribution in [0.25, 0.3) is 0 Å². The van der Waals surface area contributed by atoms with Gasteiger partial charge in [0.15, 0.2) is 0 Å². The molecule has 1 aliphatic heterocycles. The fourth-order valence-electron chi connectivity index (χ4n) is 3.73. The van der Waals surface area contributed by atoms with E-state index in [1.54, 1.807) is 0 Å². The van der Waals surface area contributed by atoms with Crippen molar-refractivity contribution in [1.29, 1.82) is 0 Å². The predicted octanol–water partition coefficient (Wildman–Crippen LogP) is 2.26. The Morgan fingerprint density at radius 1 is 1.40 bits per heavy atom. The van der Waals surface area contributed by atoms with Crippen LogP contribution in [0.3, 0.4) is 0 Å². The molecule has 1 N–H and O–H groups in total. The van der Waals surface area contributed by atoms with Gasteiger partial charge in [-0.15, -0.1) is 11.3 Å². The molecular weight excluding hydrogens is 340 g/mol. The molecule has 1 aromatic heterocycles. The van der Waals surface area contributed by atoms with Gasteiger partial charge in [0.05, 0.1) is 25.5 Å². The number of hydrogen-bond donors (Lipinski definition) is 1. The van der Waals surface area contributed by atoms with Crippen molar-refractivity contribution in [3.05, 3.63) is 22.4 Å². The molecule has 25 heavy (non-hydrogen) atoms. The number of carbonyl (C=O) groups excluding carboxylic acids is 3. The summed E-state index contributed by atoms with van der Waals surface area (Å²) in [6.45, 7) is 0.491. The lowest BCUT2D eigenvalue weighted by Gasteiger charge is -2.24. The standard InChI is InChI=1S/C18H24N2O4S/c1-24-17(22)10-14(15-7-4-8-25-15)19-18(23)12-9-16(21)20(11-12)13-5-2-3-6-13/h4,7-8,12-14H,2-3,5-6,9-11H2,1H3,(H,19,23). The van der Waals surface area contributed by atoms with Crippen LogP contribution in [0.2, 0.25) is 0 Å². The van der Waals surface area contributed by atoms with Crippen LogP contribution >= 0.6 is 11.3 Å². The Labute approximate surface area is 151 Å². The monoisotopic (exact) mass is 364 g/mol. The summed E-state index contributed by atoms with van der Waals surface area (Å²) in [7, 11) is 1.34. The van der Waals surface area contributed by atoms with E-state index in [2.05, 4.69) is 5.32 Å². The molecule has 7 heteroatoms. The Morgan fingerprint density at radius 2 is 2.16 bits per heavy atom. The van der Waals surface area contributed by atoms with Gasteiger partial charge < -0.3 is 15.0 Å². The molecule has 1 saturated heterocycles. The number of hydrogen-bond acceptors (Lipinski definition) is 5. The highest BCUT2D eigenvalue weighted by molar-refractivity contribution is 7.10. The summed E-state index contributed by atoms with van der Waals surface area (Å²) in [5, 5.41) is 4.86. The summed E-state index contributed by atoms with van der Waals surface area (Å²) in [6.07, 6.45) is 4.75. The lowest BCUT2D eigenvalue weighted by molar-refractivity contribution is -0.141. The van der Waals surface area contributed by atoms with Crippen molar-refractivity contribution in [1.82, 2.24) is 10.2 Å².